The smallest absolute Gasteiger partial charge is 0.281 e. The molecule has 0 spiro atoms. The van der Waals surface area contributed by atoms with Crippen LogP contribution in [-0.4, -0.2) is 57.9 Å². The van der Waals surface area contributed by atoms with Crippen molar-refractivity contribution in [3.63, 3.8) is 0 Å². The Hall–Kier alpha value is -3.85. The lowest BCUT2D eigenvalue weighted by molar-refractivity contribution is -0.170. The van der Waals surface area contributed by atoms with Crippen molar-refractivity contribution in [1.82, 2.24) is 28.6 Å². The number of aliphatic hydroxyl groups excluding tert-OH is 1. The molecule has 46 heavy (non-hydrogen) atoms. The zero-order chi connectivity index (χ0) is 32.5. The summed E-state index contributed by atoms with van der Waals surface area (Å²) >= 11 is 0. The van der Waals surface area contributed by atoms with E-state index in [4.69, 9.17) is 19.6 Å². The van der Waals surface area contributed by atoms with Crippen LogP contribution in [0.5, 0.6) is 0 Å². The van der Waals surface area contributed by atoms with Gasteiger partial charge in [-0.3, -0.25) is 4.57 Å². The van der Waals surface area contributed by atoms with Crippen molar-refractivity contribution >= 4 is 32.4 Å². The molecule has 1 atom stereocenters. The molecule has 0 radical (unpaired) electrons. The van der Waals surface area contributed by atoms with Crippen LogP contribution in [0.4, 0.5) is 5.82 Å². The van der Waals surface area contributed by atoms with Gasteiger partial charge in [-0.2, -0.15) is 22.8 Å². The van der Waals surface area contributed by atoms with E-state index in [0.29, 0.717) is 18.4 Å². The third-order valence-corrected chi connectivity index (χ3v) is 9.00. The van der Waals surface area contributed by atoms with Gasteiger partial charge in [0.15, 0.2) is 5.82 Å². The maximum absolute atomic E-state index is 12.7. The fourth-order valence-electron chi connectivity index (χ4n) is 5.86. The fraction of sp³-hybridized carbons (Fsp3) is 0.394. The third-order valence-electron chi connectivity index (χ3n) is 7.96. The zero-order valence-electron chi connectivity index (χ0n) is 26.5. The van der Waals surface area contributed by atoms with Gasteiger partial charge in [0.25, 0.3) is 16.2 Å². The molecule has 0 aliphatic carbocycles. The van der Waals surface area contributed by atoms with Crippen LogP contribution >= 0.6 is 0 Å². The number of hydrogen-bond donors (Lipinski definition) is 4. The number of benzene rings is 2. The van der Waals surface area contributed by atoms with Crippen LogP contribution < -0.4 is 14.8 Å². The molecular formula is C33H41N7O5S. The van der Waals surface area contributed by atoms with Crippen molar-refractivity contribution in [2.75, 3.05) is 18.5 Å². The Morgan fingerprint density at radius 1 is 1.02 bits per heavy atom. The lowest BCUT2D eigenvalue weighted by atomic mass is 9.97. The first-order valence-corrected chi connectivity index (χ1v) is 16.9. The van der Waals surface area contributed by atoms with Crippen molar-refractivity contribution in [1.29, 1.82) is 0 Å². The number of aliphatic hydroxyl groups is 1. The minimum atomic E-state index is -4.07. The Labute approximate surface area is 268 Å². The molecule has 3 aromatic heterocycles. The van der Waals surface area contributed by atoms with E-state index in [1.807, 2.05) is 58.5 Å². The van der Waals surface area contributed by atoms with Gasteiger partial charge in [0.1, 0.15) is 5.52 Å². The number of aryl methyl sites for hydroxylation is 1. The monoisotopic (exact) mass is 647 g/mol. The summed E-state index contributed by atoms with van der Waals surface area (Å²) in [5, 5.41) is 19.5. The summed E-state index contributed by atoms with van der Waals surface area (Å²) in [4.78, 5) is 5.04. The first-order valence-electron chi connectivity index (χ1n) is 15.5. The van der Waals surface area contributed by atoms with E-state index in [9.17, 15) is 13.5 Å². The van der Waals surface area contributed by atoms with E-state index >= 15 is 0 Å². The number of aromatic nitrogens is 4. The van der Waals surface area contributed by atoms with E-state index in [1.165, 1.54) is 0 Å². The van der Waals surface area contributed by atoms with Crippen LogP contribution in [0.3, 0.4) is 0 Å². The molecule has 1 fully saturated rings. The summed E-state index contributed by atoms with van der Waals surface area (Å²) in [7, 11) is -4.07. The molecule has 0 amide bonds. The SMILES string of the molecule is Cc1cc2c(CNS(=O)(=O)NC(O)OC(C)(C)C)cccc2n1-c1nc(NCc2ccccc2)c2ccc(C3CCOCC3)n2n1. The molecule has 244 valence electrons. The lowest BCUT2D eigenvalue weighted by Gasteiger charge is -2.24. The molecular weight excluding hydrogens is 606 g/mol. The molecule has 13 heteroatoms. The highest BCUT2D eigenvalue weighted by Crippen LogP contribution is 2.32. The van der Waals surface area contributed by atoms with Gasteiger partial charge in [0.05, 0.1) is 11.1 Å². The highest BCUT2D eigenvalue weighted by molar-refractivity contribution is 7.87. The average Bonchev–Trinajstić information content (AvgIpc) is 3.59. The van der Waals surface area contributed by atoms with Gasteiger partial charge >= 0.3 is 0 Å². The van der Waals surface area contributed by atoms with E-state index in [0.717, 1.165) is 70.8 Å². The van der Waals surface area contributed by atoms with Gasteiger partial charge in [-0.25, -0.2) is 4.52 Å². The maximum Gasteiger partial charge on any atom is 0.281 e. The van der Waals surface area contributed by atoms with Crippen LogP contribution in [0.15, 0.2) is 66.7 Å². The molecule has 1 unspecified atom stereocenters. The molecule has 1 aliphatic rings. The van der Waals surface area contributed by atoms with Crippen molar-refractivity contribution in [3.05, 3.63) is 89.2 Å². The topological polar surface area (TPSA) is 144 Å². The molecule has 4 N–H and O–H groups in total. The van der Waals surface area contributed by atoms with Crippen molar-refractivity contribution in [3.8, 4) is 5.95 Å². The minimum absolute atomic E-state index is 0.00631. The Kier molecular flexibility index (Phi) is 9.15. The molecule has 12 nitrogen and oxygen atoms in total. The summed E-state index contributed by atoms with van der Waals surface area (Å²) in [5.74, 6) is 1.55. The normalized spacial score (nSPS) is 15.5. The van der Waals surface area contributed by atoms with Gasteiger partial charge in [-0.15, -0.1) is 5.10 Å². The van der Waals surface area contributed by atoms with Crippen LogP contribution in [0, 0.1) is 6.92 Å². The average molecular weight is 648 g/mol. The molecule has 1 aliphatic heterocycles. The Bertz CT molecular complexity index is 1930. The number of nitrogens with one attached hydrogen (secondary N) is 3. The quantitative estimate of drug-likeness (QED) is 0.154. The number of anilines is 1. The predicted octanol–water partition coefficient (Wildman–Crippen LogP) is 4.50. The Morgan fingerprint density at radius 3 is 2.52 bits per heavy atom. The van der Waals surface area contributed by atoms with Crippen LogP contribution in [-0.2, 0) is 32.8 Å². The largest absolute Gasteiger partial charge is 0.381 e. The summed E-state index contributed by atoms with van der Waals surface area (Å²) in [6.45, 7) is 9.18. The second kappa shape index (κ2) is 13.1. The number of fused-ring (bicyclic) bond motifs is 2. The predicted molar refractivity (Wildman–Crippen MR) is 177 cm³/mol. The van der Waals surface area contributed by atoms with Gasteiger partial charge in [0.2, 0.25) is 6.41 Å². The van der Waals surface area contributed by atoms with Crippen LogP contribution in [0.2, 0.25) is 0 Å². The van der Waals surface area contributed by atoms with Gasteiger partial charge in [-0.05, 0) is 75.9 Å². The number of nitrogens with zero attached hydrogens (tertiary/aromatic N) is 4. The van der Waals surface area contributed by atoms with E-state index in [1.54, 1.807) is 20.8 Å². The fourth-order valence-corrected chi connectivity index (χ4v) is 6.61. The summed E-state index contributed by atoms with van der Waals surface area (Å²) < 4.78 is 44.9. The lowest BCUT2D eigenvalue weighted by Crippen LogP contribution is -2.46. The minimum Gasteiger partial charge on any atom is -0.381 e. The van der Waals surface area contributed by atoms with Crippen molar-refractivity contribution < 1.29 is 23.0 Å². The zero-order valence-corrected chi connectivity index (χ0v) is 27.3. The Balaban J connectivity index is 1.35. The first kappa shape index (κ1) is 32.1. The second-order valence-corrected chi connectivity index (χ2v) is 14.1. The maximum atomic E-state index is 12.7. The number of ether oxygens (including phenoxy) is 2. The van der Waals surface area contributed by atoms with Crippen LogP contribution in [0.1, 0.15) is 62.0 Å². The molecule has 4 heterocycles. The van der Waals surface area contributed by atoms with E-state index < -0.39 is 22.2 Å². The van der Waals surface area contributed by atoms with Gasteiger partial charge in [0, 0.05) is 49.0 Å². The van der Waals surface area contributed by atoms with E-state index in [-0.39, 0.29) is 6.54 Å². The first-order chi connectivity index (χ1) is 22.0. The van der Waals surface area contributed by atoms with Gasteiger partial charge < -0.3 is 19.9 Å². The molecule has 5 aromatic rings. The molecule has 6 rings (SSSR count). The molecule has 0 saturated carbocycles. The summed E-state index contributed by atoms with van der Waals surface area (Å²) in [5.41, 5.74) is 4.91. The van der Waals surface area contributed by atoms with Crippen LogP contribution in [0.25, 0.3) is 22.4 Å². The highest BCUT2D eigenvalue weighted by atomic mass is 32.2. The van der Waals surface area contributed by atoms with Gasteiger partial charge in [-0.1, -0.05) is 42.5 Å². The second-order valence-electron chi connectivity index (χ2n) is 12.5. The Morgan fingerprint density at radius 2 is 1.78 bits per heavy atom. The number of rotatable bonds is 11. The standard InChI is InChI=1S/C33H41N7O5S/c1-22-19-26-25(21-35-46(42,43)38-32(41)45-33(2,3)4)11-8-12-28(26)39(22)31-36-30(34-20-23-9-6-5-7-10-23)29-14-13-27(40(29)37-31)24-15-17-44-18-16-24/h5-14,19,24,32,35,38,41H,15-18,20-21H2,1-4H3,(H,34,36,37). The molecule has 1 saturated heterocycles. The van der Waals surface area contributed by atoms with Crippen molar-refractivity contribution in [2.24, 2.45) is 0 Å². The number of hydrogen-bond acceptors (Lipinski definition) is 8. The molecule has 2 aromatic carbocycles. The third kappa shape index (κ3) is 7.25. The summed E-state index contributed by atoms with van der Waals surface area (Å²) in [6.07, 6.45) is 0.169. The molecule has 0 bridgehead atoms. The summed E-state index contributed by atoms with van der Waals surface area (Å²) in [6, 6.07) is 22.1. The van der Waals surface area contributed by atoms with Crippen molar-refractivity contribution in [2.45, 2.75) is 71.6 Å². The highest BCUT2D eigenvalue weighted by Gasteiger charge is 2.24. The van der Waals surface area contributed by atoms with E-state index in [2.05, 4.69) is 39.0 Å².